The number of hydrogen-bond donors (Lipinski definition) is 6. The number of thiazole rings is 1. The first-order valence-electron chi connectivity index (χ1n) is 9.86. The van der Waals surface area contributed by atoms with Gasteiger partial charge in [0.15, 0.2) is 35.6 Å². The molecule has 14 nitrogen and oxygen atoms in total. The summed E-state index contributed by atoms with van der Waals surface area (Å²) in [5, 5.41) is 37.2. The number of β-lactam (4-membered cyclic amide) rings is 1. The number of oxime groups is 2. The maximum atomic E-state index is 12.9. The molecule has 2 aromatic heterocycles. The number of carboxylic acid groups (broad SMARTS) is 1. The quantitative estimate of drug-likeness (QED) is 0.0635. The van der Waals surface area contributed by atoms with Crippen LogP contribution in [0.3, 0.4) is 0 Å². The Morgan fingerprint density at radius 1 is 1.29 bits per heavy atom. The number of carbonyl (C=O) groups excluding carboxylic acids is 2. The van der Waals surface area contributed by atoms with Crippen molar-refractivity contribution in [1.29, 1.82) is 0 Å². The fourth-order valence-corrected chi connectivity index (χ4v) is 5.52. The Morgan fingerprint density at radius 3 is 2.57 bits per heavy atom. The molecule has 0 radical (unpaired) electrons. The second kappa shape index (κ2) is 9.59. The van der Waals surface area contributed by atoms with E-state index in [1.54, 1.807) is 29.1 Å². The number of nitrogens with zero attached hydrogens (tertiary/aromatic N) is 5. The van der Waals surface area contributed by atoms with Gasteiger partial charge in [-0.15, -0.1) is 23.1 Å². The molecule has 4 heterocycles. The van der Waals surface area contributed by atoms with Gasteiger partial charge in [0.05, 0.1) is 0 Å². The lowest BCUT2D eigenvalue weighted by molar-refractivity contribution is -0.689. The minimum Gasteiger partial charge on any atom is -0.477 e. The molecule has 0 aromatic carbocycles. The zero-order chi connectivity index (χ0) is 25.3. The number of nitrogen functional groups attached to an aromatic ring is 1. The summed E-state index contributed by atoms with van der Waals surface area (Å²) in [4.78, 5) is 42.5. The highest BCUT2D eigenvalue weighted by atomic mass is 32.2. The minimum absolute atomic E-state index is 0.0518. The highest BCUT2D eigenvalue weighted by molar-refractivity contribution is 8.00. The molecule has 182 valence electrons. The topological polar surface area (TPSA) is 221 Å². The maximum Gasteiger partial charge on any atom is 0.352 e. The number of amides is 2. The number of nitrogens with one attached hydrogen (secondary N) is 1. The van der Waals surface area contributed by atoms with Gasteiger partial charge in [-0.05, 0) is 0 Å². The molecular formula is C19H19N8O6S2+. The van der Waals surface area contributed by atoms with Crippen LogP contribution in [0.2, 0.25) is 0 Å². The third-order valence-corrected chi connectivity index (χ3v) is 7.30. The van der Waals surface area contributed by atoms with E-state index in [2.05, 4.69) is 20.6 Å². The molecule has 2 atom stereocenters. The van der Waals surface area contributed by atoms with Gasteiger partial charge in [0.1, 0.15) is 22.8 Å². The molecule has 0 unspecified atom stereocenters. The molecule has 1 saturated heterocycles. The molecule has 16 heteroatoms. The van der Waals surface area contributed by atoms with Gasteiger partial charge in [-0.1, -0.05) is 10.3 Å². The summed E-state index contributed by atoms with van der Waals surface area (Å²) in [7, 11) is 0. The van der Waals surface area contributed by atoms with Crippen LogP contribution in [0.5, 0.6) is 0 Å². The van der Waals surface area contributed by atoms with E-state index in [1.807, 2.05) is 0 Å². The molecule has 1 fully saturated rings. The minimum atomic E-state index is -1.27. The lowest BCUT2D eigenvalue weighted by Crippen LogP contribution is -2.71. The van der Waals surface area contributed by atoms with Crippen LogP contribution in [-0.2, 0) is 20.9 Å². The van der Waals surface area contributed by atoms with Gasteiger partial charge >= 0.3 is 5.97 Å². The number of carbonyl (C=O) groups is 3. The molecule has 4 rings (SSSR count). The predicted octanol–water partition coefficient (Wildman–Crippen LogP) is -1.28. The van der Waals surface area contributed by atoms with Crippen molar-refractivity contribution in [3.63, 3.8) is 0 Å². The van der Waals surface area contributed by atoms with Crippen LogP contribution in [0.1, 0.15) is 11.3 Å². The zero-order valence-corrected chi connectivity index (χ0v) is 19.4. The van der Waals surface area contributed by atoms with Crippen molar-refractivity contribution in [2.24, 2.45) is 16.0 Å². The van der Waals surface area contributed by atoms with Crippen LogP contribution >= 0.6 is 23.1 Å². The van der Waals surface area contributed by atoms with E-state index in [1.165, 1.54) is 17.1 Å². The summed E-state index contributed by atoms with van der Waals surface area (Å²) in [5.41, 5.74) is 11.6. The first-order chi connectivity index (χ1) is 16.7. The first kappa shape index (κ1) is 24.0. The molecule has 0 aliphatic carbocycles. The summed E-state index contributed by atoms with van der Waals surface area (Å²) < 4.78 is 1.69. The van der Waals surface area contributed by atoms with Crippen LogP contribution in [0.15, 0.2) is 51.5 Å². The van der Waals surface area contributed by atoms with Crippen LogP contribution in [-0.4, -0.2) is 71.9 Å². The first-order valence-corrected chi connectivity index (χ1v) is 11.8. The van der Waals surface area contributed by atoms with Crippen molar-refractivity contribution in [2.45, 2.75) is 18.0 Å². The fraction of sp³-hybridized carbons (Fsp3) is 0.211. The van der Waals surface area contributed by atoms with Gasteiger partial charge in [0.2, 0.25) is 0 Å². The molecule has 35 heavy (non-hydrogen) atoms. The number of aromatic nitrogens is 2. The molecular weight excluding hydrogens is 500 g/mol. The summed E-state index contributed by atoms with van der Waals surface area (Å²) >= 11 is 2.34. The summed E-state index contributed by atoms with van der Waals surface area (Å²) in [6, 6.07) is 2.19. The second-order valence-electron chi connectivity index (χ2n) is 7.38. The highest BCUT2D eigenvalue weighted by Crippen LogP contribution is 2.40. The van der Waals surface area contributed by atoms with Crippen molar-refractivity contribution >= 4 is 57.6 Å². The van der Waals surface area contributed by atoms with Crippen molar-refractivity contribution in [3.8, 4) is 0 Å². The SMILES string of the molecule is N/C(=N/O)c1cc[n+](CC2=C(C(=O)O)N3C(=O)[C@@H](NC(=O)/C(=N\O)c4csc(N)n4)[C@H]3SC2)cc1. The van der Waals surface area contributed by atoms with Crippen LogP contribution < -0.4 is 21.4 Å². The predicted molar refractivity (Wildman–Crippen MR) is 124 cm³/mol. The van der Waals surface area contributed by atoms with E-state index in [9.17, 15) is 24.7 Å². The number of hydrogen-bond acceptors (Lipinski definition) is 11. The van der Waals surface area contributed by atoms with E-state index < -0.39 is 34.9 Å². The molecule has 2 amide bonds. The van der Waals surface area contributed by atoms with Gasteiger partial charge in [0.25, 0.3) is 11.8 Å². The zero-order valence-electron chi connectivity index (χ0n) is 17.7. The second-order valence-corrected chi connectivity index (χ2v) is 9.38. The normalized spacial score (nSPS) is 20.3. The third kappa shape index (κ3) is 4.47. The lowest BCUT2D eigenvalue weighted by Gasteiger charge is -2.49. The Hall–Kier alpha value is -4.18. The number of thioether (sulfide) groups is 1. The number of pyridine rings is 1. The molecule has 8 N–H and O–H groups in total. The fourth-order valence-electron chi connectivity index (χ4n) is 3.64. The number of aliphatic carboxylic acids is 1. The van der Waals surface area contributed by atoms with Crippen molar-refractivity contribution in [1.82, 2.24) is 15.2 Å². The van der Waals surface area contributed by atoms with Crippen molar-refractivity contribution < 1.29 is 34.5 Å². The Labute approximate surface area is 205 Å². The largest absolute Gasteiger partial charge is 0.477 e. The number of fused-ring (bicyclic) bond motifs is 1. The molecule has 0 spiro atoms. The smallest absolute Gasteiger partial charge is 0.352 e. The summed E-state index contributed by atoms with van der Waals surface area (Å²) in [5.74, 6) is -2.49. The highest BCUT2D eigenvalue weighted by Gasteiger charge is 2.54. The van der Waals surface area contributed by atoms with E-state index >= 15 is 0 Å². The Morgan fingerprint density at radius 2 is 2.00 bits per heavy atom. The molecule has 2 aliphatic rings. The van der Waals surface area contributed by atoms with E-state index in [0.717, 1.165) is 16.2 Å². The standard InChI is InChI=1S/C19H18N8O6S2/c20-14(25-33)8-1-3-26(4-2-8)5-9-6-34-17-12(16(29)27(17)13(9)18(30)31)23-15(28)11(24-32)10-7-35-19(21)22-10/h1-4,7,12,17H,5-6,20H2,(H5,21,22,23,28,30,31,32)/p+1/t12-,17-/m1/s1. The molecule has 0 bridgehead atoms. The molecule has 0 saturated carbocycles. The number of carboxylic acids is 1. The molecule has 2 aromatic rings. The van der Waals surface area contributed by atoms with E-state index in [0.29, 0.717) is 16.9 Å². The number of rotatable bonds is 7. The third-order valence-electron chi connectivity index (χ3n) is 5.28. The van der Waals surface area contributed by atoms with Crippen molar-refractivity contribution in [2.75, 3.05) is 11.5 Å². The summed E-state index contributed by atoms with van der Waals surface area (Å²) in [6.45, 7) is 0.186. The Kier molecular flexibility index (Phi) is 6.57. The van der Waals surface area contributed by atoms with Crippen LogP contribution in [0.4, 0.5) is 5.13 Å². The van der Waals surface area contributed by atoms with Crippen LogP contribution in [0.25, 0.3) is 0 Å². The maximum absolute atomic E-state index is 12.9. The Balaban J connectivity index is 1.51. The monoisotopic (exact) mass is 519 g/mol. The number of anilines is 1. The molecule has 2 aliphatic heterocycles. The van der Waals surface area contributed by atoms with Crippen molar-refractivity contribution in [3.05, 3.63) is 52.4 Å². The average Bonchev–Trinajstić information content (AvgIpc) is 3.28. The number of nitrogens with two attached hydrogens (primary N) is 2. The number of amidine groups is 1. The lowest BCUT2D eigenvalue weighted by atomic mass is 10.0. The van der Waals surface area contributed by atoms with Gasteiger partial charge in [-0.3, -0.25) is 14.5 Å². The van der Waals surface area contributed by atoms with Gasteiger partial charge in [-0.25, -0.2) is 14.3 Å². The van der Waals surface area contributed by atoms with E-state index in [4.69, 9.17) is 16.7 Å². The Bertz CT molecular complexity index is 1290. The van der Waals surface area contributed by atoms with Gasteiger partial charge < -0.3 is 32.3 Å². The van der Waals surface area contributed by atoms with Gasteiger partial charge in [0, 0.05) is 34.4 Å². The van der Waals surface area contributed by atoms with Crippen LogP contribution in [0, 0.1) is 0 Å². The van der Waals surface area contributed by atoms with E-state index in [-0.39, 0.29) is 28.9 Å². The van der Waals surface area contributed by atoms with Gasteiger partial charge in [-0.2, -0.15) is 0 Å². The summed E-state index contributed by atoms with van der Waals surface area (Å²) in [6.07, 6.45) is 3.27. The average molecular weight is 520 g/mol.